The summed E-state index contributed by atoms with van der Waals surface area (Å²) in [5.74, 6) is -0.595. The van der Waals surface area contributed by atoms with Crippen molar-refractivity contribution in [1.82, 2.24) is 4.98 Å². The first-order valence-corrected chi connectivity index (χ1v) is 6.41. The number of aromatic nitrogens is 1. The highest BCUT2D eigenvalue weighted by molar-refractivity contribution is 5.78. The molecular weight excluding hydrogens is 270 g/mol. The molecule has 0 aliphatic carbocycles. The zero-order chi connectivity index (χ0) is 14.8. The highest BCUT2D eigenvalue weighted by atomic mass is 19.1. The van der Waals surface area contributed by atoms with Crippen molar-refractivity contribution < 1.29 is 8.78 Å². The van der Waals surface area contributed by atoms with Gasteiger partial charge in [0, 0.05) is 23.0 Å². The minimum Gasteiger partial charge on any atom is -0.398 e. The quantitative estimate of drug-likeness (QED) is 0.762. The van der Waals surface area contributed by atoms with E-state index in [4.69, 9.17) is 5.73 Å². The smallest absolute Gasteiger partial charge is 0.123 e. The summed E-state index contributed by atoms with van der Waals surface area (Å²) in [5, 5.41) is 0. The van der Waals surface area contributed by atoms with Crippen molar-refractivity contribution in [2.45, 2.75) is 0 Å². The van der Waals surface area contributed by atoms with Crippen molar-refractivity contribution >= 4 is 5.69 Å². The zero-order valence-electron chi connectivity index (χ0n) is 11.1. The van der Waals surface area contributed by atoms with Crippen molar-refractivity contribution in [3.63, 3.8) is 0 Å². The van der Waals surface area contributed by atoms with Gasteiger partial charge in [-0.3, -0.25) is 4.98 Å². The van der Waals surface area contributed by atoms with Crippen LogP contribution >= 0.6 is 0 Å². The zero-order valence-corrected chi connectivity index (χ0v) is 11.1. The topological polar surface area (TPSA) is 38.9 Å². The average Bonchev–Trinajstić information content (AvgIpc) is 2.49. The maximum absolute atomic E-state index is 12.9. The van der Waals surface area contributed by atoms with Crippen molar-refractivity contribution in [3.05, 3.63) is 72.4 Å². The summed E-state index contributed by atoms with van der Waals surface area (Å²) in [5.41, 5.74) is 9.57. The van der Waals surface area contributed by atoms with Crippen LogP contribution in [-0.2, 0) is 0 Å². The van der Waals surface area contributed by atoms with Gasteiger partial charge in [0.15, 0.2) is 0 Å². The molecule has 0 radical (unpaired) electrons. The lowest BCUT2D eigenvalue weighted by Gasteiger charge is -2.08. The van der Waals surface area contributed by atoms with Gasteiger partial charge in [-0.05, 0) is 48.0 Å². The molecule has 0 unspecified atom stereocenters. The number of anilines is 1. The Kier molecular flexibility index (Phi) is 3.36. The summed E-state index contributed by atoms with van der Waals surface area (Å²) < 4.78 is 25.9. The van der Waals surface area contributed by atoms with Gasteiger partial charge in [-0.25, -0.2) is 8.78 Å². The van der Waals surface area contributed by atoms with E-state index < -0.39 is 0 Å². The van der Waals surface area contributed by atoms with Crippen molar-refractivity contribution in [1.29, 1.82) is 0 Å². The van der Waals surface area contributed by atoms with E-state index in [-0.39, 0.29) is 11.6 Å². The van der Waals surface area contributed by atoms with Crippen molar-refractivity contribution in [2.75, 3.05) is 5.73 Å². The molecular formula is C17H12F2N2. The monoisotopic (exact) mass is 282 g/mol. The lowest BCUT2D eigenvalue weighted by molar-refractivity contribution is 0.627. The maximum atomic E-state index is 12.9. The summed E-state index contributed by atoms with van der Waals surface area (Å²) in [6, 6.07) is 13.8. The van der Waals surface area contributed by atoms with Crippen LogP contribution in [0.4, 0.5) is 14.5 Å². The number of hydrogen-bond donors (Lipinski definition) is 1. The highest BCUT2D eigenvalue weighted by Gasteiger charge is 2.07. The molecule has 21 heavy (non-hydrogen) atoms. The molecule has 0 atom stereocenters. The molecule has 0 spiro atoms. The molecule has 0 saturated carbocycles. The van der Waals surface area contributed by atoms with E-state index in [1.54, 1.807) is 36.5 Å². The second kappa shape index (κ2) is 5.32. The predicted molar refractivity (Wildman–Crippen MR) is 79.4 cm³/mol. The Bertz CT molecular complexity index is 766. The fourth-order valence-corrected chi connectivity index (χ4v) is 2.12. The molecule has 3 rings (SSSR count). The van der Waals surface area contributed by atoms with Gasteiger partial charge in [0.1, 0.15) is 11.6 Å². The Labute approximate surface area is 120 Å². The van der Waals surface area contributed by atoms with E-state index in [1.807, 2.05) is 0 Å². The minimum absolute atomic E-state index is 0.297. The van der Waals surface area contributed by atoms with Gasteiger partial charge in [-0.2, -0.15) is 0 Å². The predicted octanol–water partition coefficient (Wildman–Crippen LogP) is 4.28. The average molecular weight is 282 g/mol. The summed E-state index contributed by atoms with van der Waals surface area (Å²) in [7, 11) is 0. The lowest BCUT2D eigenvalue weighted by Crippen LogP contribution is -1.94. The molecule has 1 heterocycles. The third kappa shape index (κ3) is 2.74. The standard InChI is InChI=1S/C17H12F2N2/c18-13-5-1-11(2-6-13)15-10-21-17(9-16(15)20)12-3-7-14(19)8-4-12/h1-10H,(H2,20,21). The molecule has 2 nitrogen and oxygen atoms in total. The Morgan fingerprint density at radius 3 is 1.81 bits per heavy atom. The highest BCUT2D eigenvalue weighted by Crippen LogP contribution is 2.28. The molecule has 0 fully saturated rings. The fourth-order valence-electron chi connectivity index (χ4n) is 2.12. The number of rotatable bonds is 2. The van der Waals surface area contributed by atoms with E-state index in [1.165, 1.54) is 24.3 Å². The molecule has 0 amide bonds. The first-order valence-electron chi connectivity index (χ1n) is 6.41. The van der Waals surface area contributed by atoms with Gasteiger partial charge in [-0.1, -0.05) is 12.1 Å². The first kappa shape index (κ1) is 13.2. The van der Waals surface area contributed by atoms with E-state index in [0.29, 0.717) is 11.4 Å². The Balaban J connectivity index is 1.99. The molecule has 0 aliphatic heterocycles. The van der Waals surface area contributed by atoms with E-state index >= 15 is 0 Å². The van der Waals surface area contributed by atoms with Crippen LogP contribution in [-0.4, -0.2) is 4.98 Å². The van der Waals surface area contributed by atoms with E-state index in [0.717, 1.165) is 16.7 Å². The van der Waals surface area contributed by atoms with Gasteiger partial charge in [-0.15, -0.1) is 0 Å². The Morgan fingerprint density at radius 2 is 1.29 bits per heavy atom. The summed E-state index contributed by atoms with van der Waals surface area (Å²) in [4.78, 5) is 4.34. The van der Waals surface area contributed by atoms with Gasteiger partial charge >= 0.3 is 0 Å². The number of halogens is 2. The number of pyridine rings is 1. The molecule has 2 aromatic carbocycles. The molecule has 0 saturated heterocycles. The molecule has 3 aromatic rings. The van der Waals surface area contributed by atoms with Crippen LogP contribution in [0.2, 0.25) is 0 Å². The summed E-state index contributed by atoms with van der Waals surface area (Å²) in [6.07, 6.45) is 1.64. The molecule has 104 valence electrons. The van der Waals surface area contributed by atoms with Crippen molar-refractivity contribution in [2.24, 2.45) is 0 Å². The first-order chi connectivity index (χ1) is 10.1. The number of nitrogens with two attached hydrogens (primary N) is 1. The van der Waals surface area contributed by atoms with Crippen LogP contribution in [0.25, 0.3) is 22.4 Å². The third-order valence-electron chi connectivity index (χ3n) is 3.23. The minimum atomic E-state index is -0.298. The van der Waals surface area contributed by atoms with Crippen LogP contribution in [0.5, 0.6) is 0 Å². The SMILES string of the molecule is Nc1cc(-c2ccc(F)cc2)ncc1-c1ccc(F)cc1. The lowest BCUT2D eigenvalue weighted by atomic mass is 10.0. The van der Waals surface area contributed by atoms with Crippen LogP contribution in [0.15, 0.2) is 60.8 Å². The van der Waals surface area contributed by atoms with Crippen LogP contribution in [0, 0.1) is 11.6 Å². The van der Waals surface area contributed by atoms with Crippen LogP contribution in [0.1, 0.15) is 0 Å². The maximum Gasteiger partial charge on any atom is 0.123 e. The van der Waals surface area contributed by atoms with Crippen molar-refractivity contribution in [3.8, 4) is 22.4 Å². The van der Waals surface area contributed by atoms with E-state index in [2.05, 4.69) is 4.98 Å². The van der Waals surface area contributed by atoms with Gasteiger partial charge in [0.05, 0.1) is 5.69 Å². The number of benzene rings is 2. The van der Waals surface area contributed by atoms with Gasteiger partial charge < -0.3 is 5.73 Å². The fraction of sp³-hybridized carbons (Fsp3) is 0. The van der Waals surface area contributed by atoms with Crippen LogP contribution in [0.3, 0.4) is 0 Å². The van der Waals surface area contributed by atoms with Crippen LogP contribution < -0.4 is 5.73 Å². The van der Waals surface area contributed by atoms with Gasteiger partial charge in [0.25, 0.3) is 0 Å². The number of nitrogens with zero attached hydrogens (tertiary/aromatic N) is 1. The molecule has 4 heteroatoms. The number of nitrogen functional groups attached to an aromatic ring is 1. The molecule has 1 aromatic heterocycles. The van der Waals surface area contributed by atoms with Gasteiger partial charge in [0.2, 0.25) is 0 Å². The molecule has 0 aliphatic rings. The molecule has 2 N–H and O–H groups in total. The molecule has 0 bridgehead atoms. The largest absolute Gasteiger partial charge is 0.398 e. The number of hydrogen-bond acceptors (Lipinski definition) is 2. The Morgan fingerprint density at radius 1 is 0.762 bits per heavy atom. The summed E-state index contributed by atoms with van der Waals surface area (Å²) in [6.45, 7) is 0. The van der Waals surface area contributed by atoms with E-state index in [9.17, 15) is 8.78 Å². The normalized spacial score (nSPS) is 10.6. The third-order valence-corrected chi connectivity index (χ3v) is 3.23. The summed E-state index contributed by atoms with van der Waals surface area (Å²) >= 11 is 0. The Hall–Kier alpha value is -2.75. The second-order valence-corrected chi connectivity index (χ2v) is 4.67. The second-order valence-electron chi connectivity index (χ2n) is 4.67.